The SMILES string of the molecule is N#Cc1cc(Cl)ncc1Oc1ccc(CCNc2ncnc3c(F)ccc(F)c23)cc1. The first-order valence-electron chi connectivity index (χ1n) is 9.20. The molecule has 6 nitrogen and oxygen atoms in total. The molecule has 0 amide bonds. The molecule has 2 aromatic heterocycles. The molecule has 0 saturated heterocycles. The zero-order chi connectivity index (χ0) is 21.8. The maximum Gasteiger partial charge on any atom is 0.163 e. The highest BCUT2D eigenvalue weighted by atomic mass is 35.5. The topological polar surface area (TPSA) is 83.7 Å². The lowest BCUT2D eigenvalue weighted by Gasteiger charge is -2.10. The summed E-state index contributed by atoms with van der Waals surface area (Å²) in [6.45, 7) is 0.446. The van der Waals surface area contributed by atoms with Gasteiger partial charge < -0.3 is 10.1 Å². The van der Waals surface area contributed by atoms with Gasteiger partial charge in [0.05, 0.1) is 17.1 Å². The van der Waals surface area contributed by atoms with Gasteiger partial charge in [0.25, 0.3) is 0 Å². The largest absolute Gasteiger partial charge is 0.454 e. The van der Waals surface area contributed by atoms with Crippen molar-refractivity contribution in [3.8, 4) is 17.6 Å². The van der Waals surface area contributed by atoms with Crippen LogP contribution in [0.15, 0.2) is 55.0 Å². The lowest BCUT2D eigenvalue weighted by atomic mass is 10.1. The Balaban J connectivity index is 1.41. The summed E-state index contributed by atoms with van der Waals surface area (Å²) in [6.07, 6.45) is 3.20. The number of nitrogens with one attached hydrogen (secondary N) is 1. The molecule has 31 heavy (non-hydrogen) atoms. The van der Waals surface area contributed by atoms with Gasteiger partial charge in [-0.25, -0.2) is 23.7 Å². The maximum atomic E-state index is 14.1. The summed E-state index contributed by atoms with van der Waals surface area (Å²) in [7, 11) is 0. The van der Waals surface area contributed by atoms with Crippen LogP contribution in [0.4, 0.5) is 14.6 Å². The normalized spacial score (nSPS) is 10.6. The number of hydrogen-bond donors (Lipinski definition) is 1. The van der Waals surface area contributed by atoms with E-state index in [4.69, 9.17) is 16.3 Å². The lowest BCUT2D eigenvalue weighted by Crippen LogP contribution is -2.08. The summed E-state index contributed by atoms with van der Waals surface area (Å²) in [4.78, 5) is 11.8. The third kappa shape index (κ3) is 4.52. The van der Waals surface area contributed by atoms with E-state index in [2.05, 4.69) is 20.3 Å². The van der Waals surface area contributed by atoms with Gasteiger partial charge in [-0.15, -0.1) is 0 Å². The second-order valence-corrected chi connectivity index (χ2v) is 6.90. The lowest BCUT2D eigenvalue weighted by molar-refractivity contribution is 0.478. The second-order valence-electron chi connectivity index (χ2n) is 6.51. The highest BCUT2D eigenvalue weighted by molar-refractivity contribution is 6.29. The number of nitriles is 1. The number of aromatic nitrogens is 3. The third-order valence-electron chi connectivity index (χ3n) is 4.50. The van der Waals surface area contributed by atoms with E-state index in [1.54, 1.807) is 12.1 Å². The first-order valence-corrected chi connectivity index (χ1v) is 9.58. The summed E-state index contributed by atoms with van der Waals surface area (Å²) < 4.78 is 33.7. The Morgan fingerprint density at radius 1 is 1.03 bits per heavy atom. The molecule has 4 aromatic rings. The predicted octanol–water partition coefficient (Wildman–Crippen LogP) is 5.27. The minimum Gasteiger partial charge on any atom is -0.454 e. The van der Waals surface area contributed by atoms with Crippen LogP contribution in [-0.4, -0.2) is 21.5 Å². The van der Waals surface area contributed by atoms with Crippen molar-refractivity contribution < 1.29 is 13.5 Å². The Bertz CT molecular complexity index is 1290. The molecule has 0 aliphatic rings. The maximum absolute atomic E-state index is 14.1. The van der Waals surface area contributed by atoms with E-state index < -0.39 is 11.6 Å². The molecule has 0 aliphatic heterocycles. The number of nitrogens with zero attached hydrogens (tertiary/aromatic N) is 4. The van der Waals surface area contributed by atoms with Crippen molar-refractivity contribution in [1.82, 2.24) is 15.0 Å². The second kappa shape index (κ2) is 8.90. The van der Waals surface area contributed by atoms with Crippen molar-refractivity contribution in [2.75, 3.05) is 11.9 Å². The number of anilines is 1. The number of ether oxygens (including phenoxy) is 1. The van der Waals surface area contributed by atoms with Crippen LogP contribution >= 0.6 is 11.6 Å². The average molecular weight is 438 g/mol. The summed E-state index contributed by atoms with van der Waals surface area (Å²) in [5, 5.41) is 12.4. The Morgan fingerprint density at radius 2 is 1.81 bits per heavy atom. The number of rotatable bonds is 6. The Labute approximate surface area is 181 Å². The van der Waals surface area contributed by atoms with Gasteiger partial charge in [0.1, 0.15) is 46.3 Å². The van der Waals surface area contributed by atoms with Gasteiger partial charge in [-0.3, -0.25) is 0 Å². The average Bonchev–Trinajstić information content (AvgIpc) is 2.78. The molecule has 9 heteroatoms. The Morgan fingerprint density at radius 3 is 2.58 bits per heavy atom. The van der Waals surface area contributed by atoms with E-state index in [1.165, 1.54) is 18.6 Å². The van der Waals surface area contributed by atoms with Crippen LogP contribution in [0, 0.1) is 23.0 Å². The van der Waals surface area contributed by atoms with Crippen molar-refractivity contribution in [2.45, 2.75) is 6.42 Å². The summed E-state index contributed by atoms with van der Waals surface area (Å²) in [6, 6.07) is 12.8. The van der Waals surface area contributed by atoms with Crippen LogP contribution < -0.4 is 10.1 Å². The molecule has 0 unspecified atom stereocenters. The van der Waals surface area contributed by atoms with Crippen molar-refractivity contribution in [3.63, 3.8) is 0 Å². The molecule has 4 rings (SSSR count). The number of pyridine rings is 1. The smallest absolute Gasteiger partial charge is 0.163 e. The molecule has 0 fully saturated rings. The first-order chi connectivity index (χ1) is 15.0. The molecular weight excluding hydrogens is 424 g/mol. The molecule has 2 aromatic carbocycles. The molecule has 0 spiro atoms. The fourth-order valence-corrected chi connectivity index (χ4v) is 3.16. The molecule has 0 saturated carbocycles. The molecular formula is C22H14ClF2N5O. The van der Waals surface area contributed by atoms with Gasteiger partial charge in [-0.2, -0.15) is 5.26 Å². The predicted molar refractivity (Wildman–Crippen MR) is 112 cm³/mol. The van der Waals surface area contributed by atoms with E-state index in [0.29, 0.717) is 24.5 Å². The highest BCUT2D eigenvalue weighted by Gasteiger charge is 2.12. The zero-order valence-corrected chi connectivity index (χ0v) is 16.7. The minimum absolute atomic E-state index is 0.0242. The first kappa shape index (κ1) is 20.4. The molecule has 0 atom stereocenters. The van der Waals surface area contributed by atoms with Gasteiger partial charge in [-0.1, -0.05) is 23.7 Å². The highest BCUT2D eigenvalue weighted by Crippen LogP contribution is 2.27. The van der Waals surface area contributed by atoms with Crippen LogP contribution in [-0.2, 0) is 6.42 Å². The summed E-state index contributed by atoms with van der Waals surface area (Å²) >= 11 is 5.79. The fourth-order valence-electron chi connectivity index (χ4n) is 3.00. The van der Waals surface area contributed by atoms with Crippen LogP contribution in [0.3, 0.4) is 0 Å². The van der Waals surface area contributed by atoms with E-state index >= 15 is 0 Å². The fraction of sp³-hybridized carbons (Fsp3) is 0.0909. The molecule has 0 radical (unpaired) electrons. The number of halogens is 3. The monoisotopic (exact) mass is 437 g/mol. The van der Waals surface area contributed by atoms with Crippen LogP contribution in [0.25, 0.3) is 10.9 Å². The quantitative estimate of drug-likeness (QED) is 0.413. The van der Waals surface area contributed by atoms with E-state index in [0.717, 1.165) is 17.7 Å². The number of benzene rings is 2. The van der Waals surface area contributed by atoms with Gasteiger partial charge >= 0.3 is 0 Å². The van der Waals surface area contributed by atoms with Gasteiger partial charge in [-0.05, 0) is 42.3 Å². The number of hydrogen-bond acceptors (Lipinski definition) is 6. The van der Waals surface area contributed by atoms with Crippen molar-refractivity contribution in [3.05, 3.63) is 82.9 Å². The molecule has 0 aliphatic carbocycles. The Hall–Kier alpha value is -3.83. The minimum atomic E-state index is -0.604. The summed E-state index contributed by atoms with van der Waals surface area (Å²) in [5.74, 6) is -0.105. The van der Waals surface area contributed by atoms with E-state index in [1.807, 2.05) is 18.2 Å². The van der Waals surface area contributed by atoms with Crippen LogP contribution in [0.1, 0.15) is 11.1 Å². The third-order valence-corrected chi connectivity index (χ3v) is 4.71. The Kier molecular flexibility index (Phi) is 5.87. The van der Waals surface area contributed by atoms with Gasteiger partial charge in [0.15, 0.2) is 5.75 Å². The van der Waals surface area contributed by atoms with Crippen LogP contribution in [0.5, 0.6) is 11.5 Å². The van der Waals surface area contributed by atoms with Gasteiger partial charge in [0, 0.05) is 6.54 Å². The molecule has 1 N–H and O–H groups in total. The number of fused-ring (bicyclic) bond motifs is 1. The zero-order valence-electron chi connectivity index (χ0n) is 15.9. The summed E-state index contributed by atoms with van der Waals surface area (Å²) in [5.41, 5.74) is 1.21. The van der Waals surface area contributed by atoms with Crippen LogP contribution in [0.2, 0.25) is 5.15 Å². The molecule has 0 bridgehead atoms. The standard InChI is InChI=1S/C22H14ClF2N5O/c23-19-9-14(10-26)18(11-28-19)31-15-3-1-13(2-4-15)7-8-27-22-20-16(24)5-6-17(25)21(20)29-12-30-22/h1-6,9,11-12H,7-8H2,(H,27,29,30). The van der Waals surface area contributed by atoms with Gasteiger partial charge in [0.2, 0.25) is 0 Å². The van der Waals surface area contributed by atoms with Crippen molar-refractivity contribution >= 4 is 28.3 Å². The van der Waals surface area contributed by atoms with Crippen molar-refractivity contribution in [1.29, 1.82) is 5.26 Å². The molecule has 2 heterocycles. The van der Waals surface area contributed by atoms with E-state index in [9.17, 15) is 14.0 Å². The van der Waals surface area contributed by atoms with Crippen molar-refractivity contribution in [2.24, 2.45) is 0 Å². The van der Waals surface area contributed by atoms with E-state index in [-0.39, 0.29) is 27.4 Å². The molecule has 154 valence electrons.